The number of aromatic amines is 1. The summed E-state index contributed by atoms with van der Waals surface area (Å²) in [5, 5.41) is 3.92. The number of fused-ring (bicyclic) bond motifs is 1. The first-order valence-corrected chi connectivity index (χ1v) is 8.88. The molecule has 0 unspecified atom stereocenters. The van der Waals surface area contributed by atoms with Gasteiger partial charge in [-0.1, -0.05) is 6.07 Å². The smallest absolute Gasteiger partial charge is 0.267 e. The fourth-order valence-corrected chi connectivity index (χ4v) is 3.29. The Morgan fingerprint density at radius 2 is 2.08 bits per heavy atom. The maximum atomic E-state index is 12.4. The lowest BCUT2D eigenvalue weighted by molar-refractivity contribution is 0.0946. The van der Waals surface area contributed by atoms with Crippen LogP contribution in [0.2, 0.25) is 0 Å². The molecule has 0 saturated carbocycles. The number of benzene rings is 1. The number of carbonyl (C=O) groups excluding carboxylic acids is 1. The normalized spacial score (nSPS) is 14.0. The average Bonchev–Trinajstić information content (AvgIpc) is 3.35. The summed E-state index contributed by atoms with van der Waals surface area (Å²) in [6.07, 6.45) is 4.30. The van der Waals surface area contributed by atoms with Gasteiger partial charge in [0.15, 0.2) is 0 Å². The van der Waals surface area contributed by atoms with E-state index in [9.17, 15) is 4.79 Å². The molecule has 3 heterocycles. The lowest BCUT2D eigenvalue weighted by atomic mass is 10.2. The topological polar surface area (TPSA) is 70.2 Å². The number of nitrogens with zero attached hydrogens (tertiary/aromatic N) is 2. The van der Waals surface area contributed by atoms with Crippen molar-refractivity contribution in [2.24, 2.45) is 0 Å². The molecule has 26 heavy (non-hydrogen) atoms. The van der Waals surface area contributed by atoms with Gasteiger partial charge in [0.05, 0.1) is 7.11 Å². The fraction of sp³-hybridized carbons (Fsp3) is 0.300. The second kappa shape index (κ2) is 7.07. The van der Waals surface area contributed by atoms with Gasteiger partial charge in [-0.25, -0.2) is 4.98 Å². The molecule has 6 nitrogen and oxygen atoms in total. The van der Waals surface area contributed by atoms with Crippen molar-refractivity contribution < 1.29 is 9.53 Å². The van der Waals surface area contributed by atoms with E-state index in [-0.39, 0.29) is 5.91 Å². The Morgan fingerprint density at radius 1 is 1.23 bits per heavy atom. The molecule has 1 saturated heterocycles. The summed E-state index contributed by atoms with van der Waals surface area (Å²) in [4.78, 5) is 22.4. The van der Waals surface area contributed by atoms with Gasteiger partial charge in [-0.3, -0.25) is 4.79 Å². The van der Waals surface area contributed by atoms with Crippen LogP contribution in [0.4, 0.5) is 5.82 Å². The van der Waals surface area contributed by atoms with E-state index in [0.29, 0.717) is 12.2 Å². The number of ether oxygens (including phenoxy) is 1. The Kier molecular flexibility index (Phi) is 4.48. The number of carbonyl (C=O) groups is 1. The number of anilines is 1. The highest BCUT2D eigenvalue weighted by Gasteiger charge is 2.13. The standard InChI is InChI=1S/C20H22N4O2/c1-26-16-6-5-15-10-18(23-17(15)11-16)20(25)22-13-14-4-7-19(21-12-14)24-8-2-3-9-24/h4-7,10-12,23H,2-3,8-9,13H2,1H3,(H,22,25). The van der Waals surface area contributed by atoms with Crippen molar-refractivity contribution in [1.29, 1.82) is 0 Å². The number of methoxy groups -OCH3 is 1. The van der Waals surface area contributed by atoms with E-state index in [1.54, 1.807) is 7.11 Å². The van der Waals surface area contributed by atoms with Crippen molar-refractivity contribution in [2.45, 2.75) is 19.4 Å². The summed E-state index contributed by atoms with van der Waals surface area (Å²) in [6.45, 7) is 2.60. The third kappa shape index (κ3) is 3.35. The summed E-state index contributed by atoms with van der Waals surface area (Å²) in [5.41, 5.74) is 2.40. The minimum Gasteiger partial charge on any atom is -0.497 e. The van der Waals surface area contributed by atoms with Crippen LogP contribution in [-0.4, -0.2) is 36.1 Å². The number of H-pyrrole nitrogens is 1. The molecule has 1 aliphatic rings. The molecule has 0 spiro atoms. The maximum absolute atomic E-state index is 12.4. The molecule has 1 aromatic carbocycles. The molecule has 0 bridgehead atoms. The lowest BCUT2D eigenvalue weighted by Crippen LogP contribution is -2.23. The molecule has 6 heteroatoms. The highest BCUT2D eigenvalue weighted by Crippen LogP contribution is 2.21. The van der Waals surface area contributed by atoms with E-state index < -0.39 is 0 Å². The van der Waals surface area contributed by atoms with Crippen LogP contribution in [0.5, 0.6) is 5.75 Å². The van der Waals surface area contributed by atoms with Gasteiger partial charge in [0.1, 0.15) is 17.3 Å². The van der Waals surface area contributed by atoms with Crippen LogP contribution >= 0.6 is 0 Å². The zero-order valence-electron chi connectivity index (χ0n) is 14.8. The van der Waals surface area contributed by atoms with Gasteiger partial charge < -0.3 is 19.9 Å². The summed E-state index contributed by atoms with van der Waals surface area (Å²) in [5.74, 6) is 1.64. The van der Waals surface area contributed by atoms with Gasteiger partial charge in [-0.15, -0.1) is 0 Å². The van der Waals surface area contributed by atoms with Crippen molar-refractivity contribution >= 4 is 22.6 Å². The molecule has 3 aromatic rings. The molecule has 0 radical (unpaired) electrons. The summed E-state index contributed by atoms with van der Waals surface area (Å²) in [6, 6.07) is 11.6. The third-order valence-electron chi connectivity index (χ3n) is 4.77. The van der Waals surface area contributed by atoms with Crippen LogP contribution in [0.1, 0.15) is 28.9 Å². The number of rotatable bonds is 5. The van der Waals surface area contributed by atoms with Crippen molar-refractivity contribution in [1.82, 2.24) is 15.3 Å². The fourth-order valence-electron chi connectivity index (χ4n) is 3.29. The summed E-state index contributed by atoms with van der Waals surface area (Å²) >= 11 is 0. The zero-order valence-corrected chi connectivity index (χ0v) is 14.8. The molecule has 2 aromatic heterocycles. The largest absolute Gasteiger partial charge is 0.497 e. The molecule has 1 amide bonds. The third-order valence-corrected chi connectivity index (χ3v) is 4.77. The number of aromatic nitrogens is 2. The van der Waals surface area contributed by atoms with Crippen LogP contribution in [-0.2, 0) is 6.54 Å². The highest BCUT2D eigenvalue weighted by molar-refractivity contribution is 5.98. The van der Waals surface area contributed by atoms with E-state index in [1.807, 2.05) is 42.6 Å². The second-order valence-electron chi connectivity index (χ2n) is 6.54. The Labute approximate surface area is 152 Å². The molecule has 2 N–H and O–H groups in total. The van der Waals surface area contributed by atoms with Gasteiger partial charge in [-0.2, -0.15) is 0 Å². The van der Waals surface area contributed by atoms with Gasteiger partial charge >= 0.3 is 0 Å². The van der Waals surface area contributed by atoms with E-state index in [0.717, 1.165) is 41.1 Å². The Bertz CT molecular complexity index is 911. The van der Waals surface area contributed by atoms with E-state index >= 15 is 0 Å². The molecule has 4 rings (SSSR count). The van der Waals surface area contributed by atoms with Crippen molar-refractivity contribution in [3.63, 3.8) is 0 Å². The molecular formula is C20H22N4O2. The zero-order chi connectivity index (χ0) is 17.9. The Balaban J connectivity index is 1.40. The monoisotopic (exact) mass is 350 g/mol. The van der Waals surface area contributed by atoms with Gasteiger partial charge in [-0.05, 0) is 42.7 Å². The average molecular weight is 350 g/mol. The van der Waals surface area contributed by atoms with E-state index in [4.69, 9.17) is 4.74 Å². The van der Waals surface area contributed by atoms with Crippen LogP contribution in [0.25, 0.3) is 10.9 Å². The summed E-state index contributed by atoms with van der Waals surface area (Å²) in [7, 11) is 1.63. The number of hydrogen-bond acceptors (Lipinski definition) is 4. The van der Waals surface area contributed by atoms with Crippen molar-refractivity contribution in [3.05, 3.63) is 53.9 Å². The minimum absolute atomic E-state index is 0.135. The van der Waals surface area contributed by atoms with Gasteiger partial charge in [0.25, 0.3) is 5.91 Å². The van der Waals surface area contributed by atoms with Crippen LogP contribution < -0.4 is 15.0 Å². The van der Waals surface area contributed by atoms with Gasteiger partial charge in [0.2, 0.25) is 0 Å². The molecule has 134 valence electrons. The number of hydrogen-bond donors (Lipinski definition) is 2. The first kappa shape index (κ1) is 16.4. The van der Waals surface area contributed by atoms with Gasteiger partial charge in [0, 0.05) is 42.8 Å². The van der Waals surface area contributed by atoms with E-state index in [1.165, 1.54) is 12.8 Å². The highest BCUT2D eigenvalue weighted by atomic mass is 16.5. The van der Waals surface area contributed by atoms with Crippen LogP contribution in [0.3, 0.4) is 0 Å². The van der Waals surface area contributed by atoms with Crippen molar-refractivity contribution in [3.8, 4) is 5.75 Å². The molecule has 1 aliphatic heterocycles. The molecular weight excluding hydrogens is 328 g/mol. The number of nitrogens with one attached hydrogen (secondary N) is 2. The molecule has 0 aliphatic carbocycles. The Hall–Kier alpha value is -3.02. The minimum atomic E-state index is -0.135. The lowest BCUT2D eigenvalue weighted by Gasteiger charge is -2.16. The van der Waals surface area contributed by atoms with Crippen molar-refractivity contribution in [2.75, 3.05) is 25.1 Å². The SMILES string of the molecule is COc1ccc2cc(C(=O)NCc3ccc(N4CCCC4)nc3)[nH]c2c1. The number of pyridine rings is 1. The number of amides is 1. The summed E-state index contributed by atoms with van der Waals surface area (Å²) < 4.78 is 5.21. The van der Waals surface area contributed by atoms with E-state index in [2.05, 4.69) is 20.2 Å². The van der Waals surface area contributed by atoms with Crippen LogP contribution in [0.15, 0.2) is 42.6 Å². The molecule has 1 fully saturated rings. The predicted molar refractivity (Wildman–Crippen MR) is 102 cm³/mol. The quantitative estimate of drug-likeness (QED) is 0.742. The maximum Gasteiger partial charge on any atom is 0.267 e. The second-order valence-corrected chi connectivity index (χ2v) is 6.54. The first-order chi connectivity index (χ1) is 12.7. The first-order valence-electron chi connectivity index (χ1n) is 8.88. The molecule has 0 atom stereocenters. The Morgan fingerprint density at radius 3 is 2.81 bits per heavy atom. The predicted octanol–water partition coefficient (Wildman–Crippen LogP) is 3.10. The van der Waals surface area contributed by atoms with Crippen LogP contribution in [0, 0.1) is 0 Å².